The van der Waals surface area contributed by atoms with E-state index in [2.05, 4.69) is 15.3 Å². The summed E-state index contributed by atoms with van der Waals surface area (Å²) in [6.45, 7) is 2.36. The van der Waals surface area contributed by atoms with Gasteiger partial charge in [-0.15, -0.1) is 0 Å². The van der Waals surface area contributed by atoms with E-state index in [1.165, 1.54) is 19.3 Å². The molecule has 0 bridgehead atoms. The monoisotopic (exact) mass is 267 g/mol. The second-order valence-electron chi connectivity index (χ2n) is 5.19. The first-order valence-corrected chi connectivity index (χ1v) is 7.10. The molecule has 0 radical (unpaired) electrons. The van der Waals surface area contributed by atoms with E-state index in [1.807, 2.05) is 6.20 Å². The largest absolute Gasteiger partial charge is 0.383 e. The van der Waals surface area contributed by atoms with E-state index in [0.29, 0.717) is 0 Å². The number of aromatic nitrogens is 2. The Morgan fingerprint density at radius 3 is 2.79 bits per heavy atom. The zero-order valence-electron chi connectivity index (χ0n) is 12.0. The quantitative estimate of drug-likeness (QED) is 0.741. The molecule has 0 unspecified atom stereocenters. The Bertz CT molecular complexity index is 373. The molecule has 0 atom stereocenters. The van der Waals surface area contributed by atoms with Crippen molar-refractivity contribution in [2.75, 3.05) is 27.4 Å². The molecule has 108 valence electrons. The summed E-state index contributed by atoms with van der Waals surface area (Å²) < 4.78 is 10.8. The predicted octanol–water partition coefficient (Wildman–Crippen LogP) is 1.95. The van der Waals surface area contributed by atoms with Crippen LogP contribution in [0.4, 0.5) is 0 Å². The van der Waals surface area contributed by atoms with Crippen LogP contribution in [0.25, 0.3) is 0 Å². The van der Waals surface area contributed by atoms with Gasteiger partial charge in [-0.2, -0.15) is 0 Å². The normalized spacial score (nSPS) is 18.6. The fourth-order valence-corrected chi connectivity index (χ4v) is 2.74. The number of methoxy groups -OCH3 is 2. The number of H-pyrrole nitrogens is 1. The van der Waals surface area contributed by atoms with Gasteiger partial charge in [-0.3, -0.25) is 0 Å². The Hall–Kier alpha value is -0.910. The van der Waals surface area contributed by atoms with Crippen LogP contribution in [0.3, 0.4) is 0 Å². The molecule has 1 aromatic heterocycles. The van der Waals surface area contributed by atoms with Gasteiger partial charge in [0, 0.05) is 39.2 Å². The first-order chi connectivity index (χ1) is 9.30. The number of nitrogens with one attached hydrogen (secondary N) is 2. The fraction of sp³-hybridized carbons (Fsp3) is 0.786. The van der Waals surface area contributed by atoms with Crippen LogP contribution >= 0.6 is 0 Å². The van der Waals surface area contributed by atoms with Gasteiger partial charge in [-0.1, -0.05) is 19.3 Å². The van der Waals surface area contributed by atoms with Crippen molar-refractivity contribution in [1.82, 2.24) is 15.3 Å². The highest BCUT2D eigenvalue weighted by Gasteiger charge is 2.36. The molecule has 0 spiro atoms. The maximum absolute atomic E-state index is 5.79. The summed E-state index contributed by atoms with van der Waals surface area (Å²) in [7, 11) is 3.51. The summed E-state index contributed by atoms with van der Waals surface area (Å²) in [4.78, 5) is 7.94. The number of rotatable bonds is 7. The molecular weight excluding hydrogens is 242 g/mol. The van der Waals surface area contributed by atoms with Crippen LogP contribution in [0.15, 0.2) is 6.20 Å². The predicted molar refractivity (Wildman–Crippen MR) is 73.9 cm³/mol. The molecule has 2 rings (SSSR count). The van der Waals surface area contributed by atoms with Crippen molar-refractivity contribution in [3.63, 3.8) is 0 Å². The molecule has 5 nitrogen and oxygen atoms in total. The van der Waals surface area contributed by atoms with E-state index in [9.17, 15) is 0 Å². The molecule has 0 amide bonds. The molecule has 1 aliphatic carbocycles. The van der Waals surface area contributed by atoms with Crippen molar-refractivity contribution < 1.29 is 9.47 Å². The van der Waals surface area contributed by atoms with E-state index in [4.69, 9.17) is 9.47 Å². The molecule has 19 heavy (non-hydrogen) atoms. The van der Waals surface area contributed by atoms with Crippen LogP contribution in [0.5, 0.6) is 0 Å². The molecule has 1 heterocycles. The molecule has 5 heteroatoms. The van der Waals surface area contributed by atoms with Crippen LogP contribution in [0.1, 0.15) is 43.6 Å². The lowest BCUT2D eigenvalue weighted by atomic mass is 9.84. The van der Waals surface area contributed by atoms with Gasteiger partial charge in [0.05, 0.1) is 6.61 Å². The first-order valence-electron chi connectivity index (χ1n) is 7.10. The highest BCUT2D eigenvalue weighted by atomic mass is 16.5. The van der Waals surface area contributed by atoms with Crippen LogP contribution in [0.2, 0.25) is 0 Å². The Kier molecular flexibility index (Phi) is 5.36. The zero-order valence-corrected chi connectivity index (χ0v) is 12.0. The molecular formula is C14H25N3O2. The molecule has 2 N–H and O–H groups in total. The third-order valence-corrected chi connectivity index (χ3v) is 3.91. The van der Waals surface area contributed by atoms with Gasteiger partial charge >= 0.3 is 0 Å². The lowest BCUT2D eigenvalue weighted by Gasteiger charge is -2.34. The number of hydrogen-bond donors (Lipinski definition) is 2. The lowest BCUT2D eigenvalue weighted by molar-refractivity contribution is -0.0509. The van der Waals surface area contributed by atoms with Gasteiger partial charge in [0.15, 0.2) is 0 Å². The highest BCUT2D eigenvalue weighted by molar-refractivity contribution is 5.10. The van der Waals surface area contributed by atoms with Crippen molar-refractivity contribution in [1.29, 1.82) is 0 Å². The van der Waals surface area contributed by atoms with Gasteiger partial charge in [0.2, 0.25) is 0 Å². The van der Waals surface area contributed by atoms with Gasteiger partial charge < -0.3 is 19.8 Å². The molecule has 0 saturated heterocycles. The number of ether oxygens (including phenoxy) is 2. The topological polar surface area (TPSA) is 59.2 Å². The minimum Gasteiger partial charge on any atom is -0.383 e. The van der Waals surface area contributed by atoms with E-state index >= 15 is 0 Å². The van der Waals surface area contributed by atoms with E-state index in [-0.39, 0.29) is 5.60 Å². The zero-order chi connectivity index (χ0) is 13.6. The van der Waals surface area contributed by atoms with Gasteiger partial charge in [0.1, 0.15) is 11.4 Å². The van der Waals surface area contributed by atoms with Crippen molar-refractivity contribution in [3.05, 3.63) is 17.7 Å². The average molecular weight is 267 g/mol. The molecule has 0 aliphatic heterocycles. The Balaban J connectivity index is 1.94. The number of aromatic amines is 1. The fourth-order valence-electron chi connectivity index (χ4n) is 2.74. The number of imidazole rings is 1. The highest BCUT2D eigenvalue weighted by Crippen LogP contribution is 2.38. The third kappa shape index (κ3) is 3.55. The Labute approximate surface area is 115 Å². The summed E-state index contributed by atoms with van der Waals surface area (Å²) >= 11 is 0. The van der Waals surface area contributed by atoms with Crippen LogP contribution in [0, 0.1) is 0 Å². The van der Waals surface area contributed by atoms with E-state index in [1.54, 1.807) is 14.2 Å². The maximum Gasteiger partial charge on any atom is 0.138 e. The summed E-state index contributed by atoms with van der Waals surface area (Å²) in [5, 5.41) is 3.31. The summed E-state index contributed by atoms with van der Waals surface area (Å²) in [5.41, 5.74) is 0.913. The maximum atomic E-state index is 5.79. The SMILES string of the molecule is COCCNCc1cnc(C2(OC)CCCCC2)[nH]1. The van der Waals surface area contributed by atoms with Crippen LogP contribution in [-0.4, -0.2) is 37.3 Å². The smallest absolute Gasteiger partial charge is 0.138 e. The van der Waals surface area contributed by atoms with E-state index in [0.717, 1.165) is 44.1 Å². The minimum atomic E-state index is -0.191. The molecule has 1 saturated carbocycles. The van der Waals surface area contributed by atoms with Crippen LogP contribution in [-0.2, 0) is 21.6 Å². The number of nitrogens with zero attached hydrogens (tertiary/aromatic N) is 1. The van der Waals surface area contributed by atoms with Crippen molar-refractivity contribution >= 4 is 0 Å². The van der Waals surface area contributed by atoms with Crippen molar-refractivity contribution in [2.45, 2.75) is 44.2 Å². The Morgan fingerprint density at radius 1 is 1.32 bits per heavy atom. The second kappa shape index (κ2) is 7.03. The van der Waals surface area contributed by atoms with Gasteiger partial charge in [0.25, 0.3) is 0 Å². The molecule has 1 aliphatic rings. The Morgan fingerprint density at radius 2 is 2.11 bits per heavy atom. The van der Waals surface area contributed by atoms with Crippen LogP contribution < -0.4 is 5.32 Å². The molecule has 1 aromatic rings. The summed E-state index contributed by atoms with van der Waals surface area (Å²) in [5.74, 6) is 0.984. The third-order valence-electron chi connectivity index (χ3n) is 3.91. The standard InChI is InChI=1S/C14H25N3O2/c1-18-9-8-15-10-12-11-16-13(17-12)14(19-2)6-4-3-5-7-14/h11,15H,3-10H2,1-2H3,(H,16,17). The molecule has 1 fully saturated rings. The summed E-state index contributed by atoms with van der Waals surface area (Å²) in [6.07, 6.45) is 7.77. The second-order valence-corrected chi connectivity index (χ2v) is 5.19. The first kappa shape index (κ1) is 14.5. The molecule has 0 aromatic carbocycles. The minimum absolute atomic E-state index is 0.191. The van der Waals surface area contributed by atoms with Crippen molar-refractivity contribution in [2.24, 2.45) is 0 Å². The number of hydrogen-bond acceptors (Lipinski definition) is 4. The van der Waals surface area contributed by atoms with E-state index < -0.39 is 0 Å². The van der Waals surface area contributed by atoms with Gasteiger partial charge in [-0.05, 0) is 12.8 Å². The van der Waals surface area contributed by atoms with Crippen molar-refractivity contribution in [3.8, 4) is 0 Å². The summed E-state index contributed by atoms with van der Waals surface area (Å²) in [6, 6.07) is 0. The lowest BCUT2D eigenvalue weighted by Crippen LogP contribution is -2.32. The van der Waals surface area contributed by atoms with Gasteiger partial charge in [-0.25, -0.2) is 4.98 Å². The average Bonchev–Trinajstić information content (AvgIpc) is 2.94.